The van der Waals surface area contributed by atoms with E-state index >= 15 is 0 Å². The lowest BCUT2D eigenvalue weighted by atomic mass is 9.54. The molecule has 1 aromatic carbocycles. The number of ether oxygens (including phenoxy) is 1. The molecule has 1 atom stereocenters. The third kappa shape index (κ3) is 3.67. The van der Waals surface area contributed by atoms with Crippen LogP contribution in [0.5, 0.6) is 0 Å². The van der Waals surface area contributed by atoms with Gasteiger partial charge in [0.15, 0.2) is 6.10 Å². The summed E-state index contributed by atoms with van der Waals surface area (Å²) in [6.07, 6.45) is 0.490. The number of carbonyl (C=O) groups is 1. The van der Waals surface area contributed by atoms with Crippen LogP contribution in [-0.4, -0.2) is 37.7 Å². The first-order valence-electron chi connectivity index (χ1n) is 10.8. The van der Waals surface area contributed by atoms with E-state index in [1.165, 1.54) is 37.0 Å². The second-order valence-electron chi connectivity index (χ2n) is 9.43. The van der Waals surface area contributed by atoms with Crippen LogP contribution in [0.15, 0.2) is 18.2 Å². The summed E-state index contributed by atoms with van der Waals surface area (Å²) in [6.45, 7) is 0.388. The normalized spacial score (nSPS) is 35.5. The van der Waals surface area contributed by atoms with Crippen LogP contribution in [-0.2, 0) is 15.7 Å². The molecule has 4 saturated carbocycles. The van der Waals surface area contributed by atoms with E-state index in [1.807, 2.05) is 0 Å². The van der Waals surface area contributed by atoms with Gasteiger partial charge in [0.25, 0.3) is 5.91 Å². The number of halogens is 4. The van der Waals surface area contributed by atoms with Crippen molar-refractivity contribution in [3.8, 4) is 0 Å². The minimum Gasteiger partial charge on any atom is -0.366 e. The largest absolute Gasteiger partial charge is 0.418 e. The van der Waals surface area contributed by atoms with Gasteiger partial charge in [-0.15, -0.1) is 0 Å². The molecule has 0 spiro atoms. The Kier molecular flexibility index (Phi) is 4.95. The fourth-order valence-corrected chi connectivity index (χ4v) is 6.46. The van der Waals surface area contributed by atoms with Gasteiger partial charge in [0.1, 0.15) is 5.82 Å². The van der Waals surface area contributed by atoms with Gasteiger partial charge in [-0.3, -0.25) is 4.79 Å². The highest BCUT2D eigenvalue weighted by molar-refractivity contribution is 5.82. The molecule has 0 radical (unpaired) electrons. The fourth-order valence-electron chi connectivity index (χ4n) is 6.46. The Morgan fingerprint density at radius 1 is 1.07 bits per heavy atom. The van der Waals surface area contributed by atoms with Crippen molar-refractivity contribution < 1.29 is 27.1 Å². The molecule has 4 aliphatic carbocycles. The lowest BCUT2D eigenvalue weighted by Crippen LogP contribution is -2.59. The Morgan fingerprint density at radius 3 is 2.37 bits per heavy atom. The lowest BCUT2D eigenvalue weighted by molar-refractivity contribution is -0.138. The van der Waals surface area contributed by atoms with E-state index in [4.69, 9.17) is 4.74 Å². The van der Waals surface area contributed by atoms with Gasteiger partial charge < -0.3 is 15.0 Å². The molecule has 164 valence electrons. The first-order chi connectivity index (χ1) is 14.3. The highest BCUT2D eigenvalue weighted by Gasteiger charge is 2.49. The standard InChI is InChI=1S/C22H26F4N2O2/c23-16-1-2-18(17(10-16)22(24,25)26)28-3-4-30-19(11-28)21(29)27-20-14-6-12-5-13(8-14)9-15(20)7-12/h1-2,10,12-15,19-20H,3-9,11H2,(H,27,29). The average molecular weight is 426 g/mol. The predicted octanol–water partition coefficient (Wildman–Crippen LogP) is 3.99. The molecule has 1 unspecified atom stereocenters. The van der Waals surface area contributed by atoms with Crippen molar-refractivity contribution in [2.75, 3.05) is 24.6 Å². The maximum Gasteiger partial charge on any atom is 0.418 e. The van der Waals surface area contributed by atoms with E-state index in [2.05, 4.69) is 5.32 Å². The molecular weight excluding hydrogens is 400 g/mol. The van der Waals surface area contributed by atoms with Gasteiger partial charge in [-0.2, -0.15) is 13.2 Å². The van der Waals surface area contributed by atoms with Gasteiger partial charge in [-0.05, 0) is 74.0 Å². The molecule has 0 aromatic heterocycles. The van der Waals surface area contributed by atoms with E-state index in [-0.39, 0.29) is 37.3 Å². The molecule has 30 heavy (non-hydrogen) atoms. The topological polar surface area (TPSA) is 41.6 Å². The lowest BCUT2D eigenvalue weighted by Gasteiger charge is -2.54. The van der Waals surface area contributed by atoms with Crippen molar-refractivity contribution in [3.63, 3.8) is 0 Å². The zero-order valence-corrected chi connectivity index (χ0v) is 16.6. The summed E-state index contributed by atoms with van der Waals surface area (Å²) in [6, 6.07) is 2.81. The SMILES string of the molecule is O=C(NC1C2CC3CC(C2)CC1C3)C1CN(c2ccc(F)cc2C(F)(F)F)CCO1. The number of carbonyl (C=O) groups excluding carboxylic acids is 1. The second kappa shape index (κ2) is 7.39. The van der Waals surface area contributed by atoms with E-state index in [0.29, 0.717) is 17.9 Å². The zero-order valence-electron chi connectivity index (χ0n) is 16.6. The van der Waals surface area contributed by atoms with Crippen LogP contribution in [0, 0.1) is 29.5 Å². The minimum atomic E-state index is -4.67. The van der Waals surface area contributed by atoms with Gasteiger partial charge in [0.05, 0.1) is 18.7 Å². The highest BCUT2D eigenvalue weighted by Crippen LogP contribution is 2.53. The van der Waals surface area contributed by atoms with E-state index in [9.17, 15) is 22.4 Å². The Bertz CT molecular complexity index is 800. The smallest absolute Gasteiger partial charge is 0.366 e. The third-order valence-corrected chi connectivity index (χ3v) is 7.50. The van der Waals surface area contributed by atoms with E-state index in [0.717, 1.165) is 24.0 Å². The van der Waals surface area contributed by atoms with Crippen LogP contribution in [0.2, 0.25) is 0 Å². The summed E-state index contributed by atoms with van der Waals surface area (Å²) < 4.78 is 59.3. The van der Waals surface area contributed by atoms with Crippen LogP contribution in [0.1, 0.15) is 37.7 Å². The molecule has 6 rings (SSSR count). The summed E-state index contributed by atoms with van der Waals surface area (Å²) in [5.41, 5.74) is -1.13. The molecule has 1 aromatic rings. The van der Waals surface area contributed by atoms with E-state index < -0.39 is 23.7 Å². The fraction of sp³-hybridized carbons (Fsp3) is 0.682. The van der Waals surface area contributed by atoms with Crippen LogP contribution in [0.4, 0.5) is 23.2 Å². The van der Waals surface area contributed by atoms with Crippen LogP contribution >= 0.6 is 0 Å². The van der Waals surface area contributed by atoms with Crippen molar-refractivity contribution in [2.24, 2.45) is 23.7 Å². The summed E-state index contributed by atoms with van der Waals surface area (Å²) in [4.78, 5) is 14.4. The zero-order chi connectivity index (χ0) is 21.0. The van der Waals surface area contributed by atoms with Crippen molar-refractivity contribution in [1.82, 2.24) is 5.32 Å². The van der Waals surface area contributed by atoms with Gasteiger partial charge in [-0.25, -0.2) is 4.39 Å². The first-order valence-corrected chi connectivity index (χ1v) is 10.8. The number of benzene rings is 1. The number of rotatable bonds is 3. The van der Waals surface area contributed by atoms with Crippen molar-refractivity contribution in [2.45, 2.75) is 50.4 Å². The minimum absolute atomic E-state index is 0.0217. The quantitative estimate of drug-likeness (QED) is 0.744. The Hall–Kier alpha value is -1.83. The molecule has 5 fully saturated rings. The van der Waals surface area contributed by atoms with Gasteiger partial charge >= 0.3 is 6.18 Å². The summed E-state index contributed by atoms with van der Waals surface area (Å²) in [5.74, 6) is 1.43. The molecule has 5 aliphatic rings. The summed E-state index contributed by atoms with van der Waals surface area (Å²) >= 11 is 0. The maximum absolute atomic E-state index is 13.4. The number of morpholine rings is 1. The molecule has 1 amide bonds. The van der Waals surface area contributed by atoms with Crippen molar-refractivity contribution in [1.29, 1.82) is 0 Å². The predicted molar refractivity (Wildman–Crippen MR) is 102 cm³/mol. The molecular formula is C22H26F4N2O2. The second-order valence-corrected chi connectivity index (χ2v) is 9.43. The molecule has 1 aliphatic heterocycles. The Labute approximate surface area is 172 Å². The third-order valence-electron chi connectivity index (χ3n) is 7.50. The summed E-state index contributed by atoms with van der Waals surface area (Å²) in [5, 5.41) is 3.18. The Morgan fingerprint density at radius 2 is 1.73 bits per heavy atom. The van der Waals surface area contributed by atoms with Gasteiger partial charge in [-0.1, -0.05) is 0 Å². The number of hydrogen-bond donors (Lipinski definition) is 1. The number of nitrogens with one attached hydrogen (secondary N) is 1. The number of nitrogens with zero attached hydrogens (tertiary/aromatic N) is 1. The number of amides is 1. The molecule has 4 bridgehead atoms. The molecule has 1 N–H and O–H groups in total. The van der Waals surface area contributed by atoms with Crippen LogP contribution < -0.4 is 10.2 Å². The number of alkyl halides is 3. The van der Waals surface area contributed by atoms with E-state index in [1.54, 1.807) is 0 Å². The van der Waals surface area contributed by atoms with Crippen molar-refractivity contribution >= 4 is 11.6 Å². The first kappa shape index (κ1) is 20.1. The molecule has 1 heterocycles. The monoisotopic (exact) mass is 426 g/mol. The number of hydrogen-bond acceptors (Lipinski definition) is 3. The average Bonchev–Trinajstić information content (AvgIpc) is 2.69. The van der Waals surface area contributed by atoms with Crippen molar-refractivity contribution in [3.05, 3.63) is 29.6 Å². The molecule has 1 saturated heterocycles. The Balaban J connectivity index is 1.29. The van der Waals surface area contributed by atoms with Crippen LogP contribution in [0.25, 0.3) is 0 Å². The molecule has 4 nitrogen and oxygen atoms in total. The maximum atomic E-state index is 13.4. The van der Waals surface area contributed by atoms with Crippen LogP contribution in [0.3, 0.4) is 0 Å². The van der Waals surface area contributed by atoms with Gasteiger partial charge in [0, 0.05) is 18.3 Å². The highest BCUT2D eigenvalue weighted by atomic mass is 19.4. The number of anilines is 1. The van der Waals surface area contributed by atoms with Gasteiger partial charge in [0.2, 0.25) is 0 Å². The molecule has 8 heteroatoms. The summed E-state index contributed by atoms with van der Waals surface area (Å²) in [7, 11) is 0.